The van der Waals surface area contributed by atoms with E-state index in [1.54, 1.807) is 36.7 Å². The van der Waals surface area contributed by atoms with E-state index >= 15 is 0 Å². The Hall–Kier alpha value is -4.65. The second kappa shape index (κ2) is 8.61. The van der Waals surface area contributed by atoms with E-state index in [0.29, 0.717) is 17.8 Å². The van der Waals surface area contributed by atoms with Crippen molar-refractivity contribution in [1.29, 1.82) is 0 Å². The quantitative estimate of drug-likeness (QED) is 0.387. The molecule has 6 rings (SSSR count). The first-order valence-corrected chi connectivity index (χ1v) is 11.2. The maximum absolute atomic E-state index is 14.5. The van der Waals surface area contributed by atoms with Gasteiger partial charge in [-0.05, 0) is 42.3 Å². The van der Waals surface area contributed by atoms with Crippen LogP contribution in [0, 0.1) is 11.7 Å². The highest BCUT2D eigenvalue weighted by Crippen LogP contribution is 2.42. The largest absolute Gasteiger partial charge is 0.503 e. The zero-order chi connectivity index (χ0) is 23.8. The summed E-state index contributed by atoms with van der Waals surface area (Å²) in [4.78, 5) is 17.9. The SMILES string of the molecule is Oc1cnc(C2=CC(Cc3ccccc3F)C3=Nc4ccccc4C3=C2)nc1Nc1ccncc1. The molecule has 0 saturated carbocycles. The van der Waals surface area contributed by atoms with Crippen molar-refractivity contribution in [2.45, 2.75) is 6.42 Å². The molecule has 1 unspecified atom stereocenters. The first kappa shape index (κ1) is 20.9. The Morgan fingerprint density at radius 2 is 1.77 bits per heavy atom. The monoisotopic (exact) mass is 461 g/mol. The van der Waals surface area contributed by atoms with Crippen LogP contribution in [-0.2, 0) is 6.42 Å². The third-order valence-electron chi connectivity index (χ3n) is 6.11. The van der Waals surface area contributed by atoms with Crippen LogP contribution in [0.25, 0.3) is 11.1 Å². The summed E-state index contributed by atoms with van der Waals surface area (Å²) in [6.07, 6.45) is 9.20. The van der Waals surface area contributed by atoms with Gasteiger partial charge in [0, 0.05) is 40.7 Å². The molecule has 2 aromatic carbocycles. The molecule has 4 aromatic rings. The average Bonchev–Trinajstić information content (AvgIpc) is 3.26. The van der Waals surface area contributed by atoms with Gasteiger partial charge in [0.2, 0.25) is 0 Å². The van der Waals surface area contributed by atoms with Crippen LogP contribution in [0.15, 0.2) is 96.4 Å². The maximum Gasteiger partial charge on any atom is 0.177 e. The number of hydrogen-bond donors (Lipinski definition) is 2. The van der Waals surface area contributed by atoms with Crippen LogP contribution >= 0.6 is 0 Å². The standard InChI is InChI=1S/C28H20FN5O/c29-23-7-3-1-5-17(23)13-18-14-19(15-22-21-6-2-4-8-24(21)33-26(18)22)27-31-16-25(35)28(34-27)32-20-9-11-30-12-10-20/h1-12,14-16,18,35H,13H2,(H,30,31,32,34). The molecule has 0 saturated heterocycles. The molecule has 0 radical (unpaired) electrons. The van der Waals surface area contributed by atoms with Gasteiger partial charge in [0.25, 0.3) is 0 Å². The minimum Gasteiger partial charge on any atom is -0.503 e. The van der Waals surface area contributed by atoms with Crippen molar-refractivity contribution in [1.82, 2.24) is 15.0 Å². The molecule has 35 heavy (non-hydrogen) atoms. The van der Waals surface area contributed by atoms with Crippen molar-refractivity contribution in [3.63, 3.8) is 0 Å². The highest BCUT2D eigenvalue weighted by Gasteiger charge is 2.31. The van der Waals surface area contributed by atoms with Crippen LogP contribution in [-0.4, -0.2) is 25.8 Å². The summed E-state index contributed by atoms with van der Waals surface area (Å²) in [7, 11) is 0. The number of anilines is 2. The number of nitrogens with zero attached hydrogens (tertiary/aromatic N) is 4. The van der Waals surface area contributed by atoms with E-state index < -0.39 is 0 Å². The number of aromatic hydroxyl groups is 1. The fourth-order valence-corrected chi connectivity index (χ4v) is 4.43. The summed E-state index contributed by atoms with van der Waals surface area (Å²) in [5.74, 6) is 0.278. The molecule has 1 aliphatic heterocycles. The molecule has 170 valence electrons. The van der Waals surface area contributed by atoms with Gasteiger partial charge >= 0.3 is 0 Å². The average molecular weight is 462 g/mol. The molecule has 6 nitrogen and oxygen atoms in total. The molecule has 2 aliphatic rings. The number of hydrogen-bond acceptors (Lipinski definition) is 6. The van der Waals surface area contributed by atoms with E-state index in [9.17, 15) is 9.50 Å². The van der Waals surface area contributed by atoms with Crippen molar-refractivity contribution in [3.05, 3.63) is 114 Å². The third-order valence-corrected chi connectivity index (χ3v) is 6.11. The Morgan fingerprint density at radius 1 is 0.971 bits per heavy atom. The number of rotatable bonds is 5. The Labute approximate surface area is 201 Å². The molecule has 1 atom stereocenters. The Balaban J connectivity index is 1.42. The number of aliphatic imine (C=N–C) groups is 1. The normalized spacial score (nSPS) is 16.0. The van der Waals surface area contributed by atoms with E-state index in [2.05, 4.69) is 20.3 Å². The van der Waals surface area contributed by atoms with Crippen LogP contribution in [0.1, 0.15) is 17.0 Å². The van der Waals surface area contributed by atoms with Crippen LogP contribution in [0.2, 0.25) is 0 Å². The predicted octanol–water partition coefficient (Wildman–Crippen LogP) is 5.89. The van der Waals surface area contributed by atoms with Crippen molar-refractivity contribution < 1.29 is 9.50 Å². The Bertz CT molecular complexity index is 1530. The van der Waals surface area contributed by atoms with Crippen molar-refractivity contribution in [2.75, 3.05) is 5.32 Å². The number of aromatic nitrogens is 3. The van der Waals surface area contributed by atoms with Crippen LogP contribution < -0.4 is 5.32 Å². The van der Waals surface area contributed by atoms with Crippen molar-refractivity contribution >= 4 is 34.1 Å². The minimum atomic E-state index is -0.237. The second-order valence-electron chi connectivity index (χ2n) is 8.38. The van der Waals surface area contributed by atoms with Crippen molar-refractivity contribution in [2.24, 2.45) is 10.9 Å². The van der Waals surface area contributed by atoms with Gasteiger partial charge in [0.15, 0.2) is 17.4 Å². The number of halogens is 1. The smallest absolute Gasteiger partial charge is 0.177 e. The minimum absolute atomic E-state index is 0.0639. The lowest BCUT2D eigenvalue weighted by Crippen LogP contribution is -2.19. The molecule has 0 bridgehead atoms. The molecule has 2 aromatic heterocycles. The Morgan fingerprint density at radius 3 is 2.63 bits per heavy atom. The fraction of sp³-hybridized carbons (Fsp3) is 0.0714. The molecule has 0 spiro atoms. The van der Waals surface area contributed by atoms with Crippen LogP contribution in [0.5, 0.6) is 5.75 Å². The lowest BCUT2D eigenvalue weighted by Gasteiger charge is -2.21. The number of fused-ring (bicyclic) bond motifs is 3. The first-order valence-electron chi connectivity index (χ1n) is 11.2. The summed E-state index contributed by atoms with van der Waals surface area (Å²) in [5.41, 5.74) is 5.97. The zero-order valence-electron chi connectivity index (χ0n) is 18.6. The molecule has 0 amide bonds. The summed E-state index contributed by atoms with van der Waals surface area (Å²) >= 11 is 0. The number of benzene rings is 2. The molecule has 7 heteroatoms. The van der Waals surface area contributed by atoms with Crippen LogP contribution in [0.4, 0.5) is 21.6 Å². The molecule has 1 aliphatic carbocycles. The lowest BCUT2D eigenvalue weighted by molar-refractivity contribution is 0.472. The highest BCUT2D eigenvalue weighted by atomic mass is 19.1. The van der Waals surface area contributed by atoms with E-state index in [0.717, 1.165) is 33.8 Å². The van der Waals surface area contributed by atoms with Gasteiger partial charge in [0.05, 0.1) is 17.6 Å². The molecular weight excluding hydrogens is 441 g/mol. The van der Waals surface area contributed by atoms with E-state index in [1.807, 2.05) is 42.5 Å². The summed E-state index contributed by atoms with van der Waals surface area (Å²) in [6, 6.07) is 18.3. The number of pyridine rings is 1. The lowest BCUT2D eigenvalue weighted by atomic mass is 9.82. The summed E-state index contributed by atoms with van der Waals surface area (Å²) < 4.78 is 14.5. The molecule has 0 fully saturated rings. The summed E-state index contributed by atoms with van der Waals surface area (Å²) in [5, 5.41) is 13.5. The zero-order valence-corrected chi connectivity index (χ0v) is 18.6. The van der Waals surface area contributed by atoms with E-state index in [4.69, 9.17) is 4.99 Å². The van der Waals surface area contributed by atoms with E-state index in [-0.39, 0.29) is 23.3 Å². The van der Waals surface area contributed by atoms with Gasteiger partial charge in [-0.1, -0.05) is 42.5 Å². The van der Waals surface area contributed by atoms with Gasteiger partial charge in [-0.25, -0.2) is 14.4 Å². The maximum atomic E-state index is 14.5. The fourth-order valence-electron chi connectivity index (χ4n) is 4.43. The topological polar surface area (TPSA) is 83.3 Å². The van der Waals surface area contributed by atoms with Gasteiger partial charge < -0.3 is 10.4 Å². The third kappa shape index (κ3) is 3.97. The van der Waals surface area contributed by atoms with E-state index in [1.165, 1.54) is 12.3 Å². The first-order chi connectivity index (χ1) is 17.2. The number of para-hydroxylation sites is 1. The van der Waals surface area contributed by atoms with Gasteiger partial charge in [-0.2, -0.15) is 0 Å². The highest BCUT2D eigenvalue weighted by molar-refractivity contribution is 6.33. The number of allylic oxidation sites excluding steroid dienone is 4. The van der Waals surface area contributed by atoms with Gasteiger partial charge in [-0.15, -0.1) is 0 Å². The molecule has 3 heterocycles. The molecular formula is C28H20FN5O. The predicted molar refractivity (Wildman–Crippen MR) is 134 cm³/mol. The van der Waals surface area contributed by atoms with Crippen LogP contribution in [0.3, 0.4) is 0 Å². The molecule has 2 N–H and O–H groups in total. The Kier molecular flexibility index (Phi) is 5.15. The van der Waals surface area contributed by atoms with Crippen molar-refractivity contribution in [3.8, 4) is 5.75 Å². The van der Waals surface area contributed by atoms with Gasteiger partial charge in [0.1, 0.15) is 5.82 Å². The summed E-state index contributed by atoms with van der Waals surface area (Å²) in [6.45, 7) is 0. The second-order valence-corrected chi connectivity index (χ2v) is 8.38. The van der Waals surface area contributed by atoms with Gasteiger partial charge in [-0.3, -0.25) is 9.98 Å². The number of nitrogens with one attached hydrogen (secondary N) is 1.